The molecule has 0 saturated carbocycles. The first-order chi connectivity index (χ1) is 16.5. The van der Waals surface area contributed by atoms with Gasteiger partial charge in [-0.15, -0.1) is 0 Å². The number of carbonyl (C=O) groups is 1. The van der Waals surface area contributed by atoms with E-state index in [0.29, 0.717) is 54.0 Å². The molecule has 0 spiro atoms. The van der Waals surface area contributed by atoms with Crippen molar-refractivity contribution in [1.82, 2.24) is 14.7 Å². The van der Waals surface area contributed by atoms with E-state index in [1.165, 1.54) is 12.1 Å². The van der Waals surface area contributed by atoms with Crippen molar-refractivity contribution in [1.29, 1.82) is 0 Å². The average Bonchev–Trinajstić information content (AvgIpc) is 3.54. The molecule has 0 bridgehead atoms. The second-order valence-electron chi connectivity index (χ2n) is 7.81. The Morgan fingerprint density at radius 2 is 1.74 bits per heavy atom. The summed E-state index contributed by atoms with van der Waals surface area (Å²) in [6, 6.07) is 18.9. The Morgan fingerprint density at radius 3 is 2.38 bits per heavy atom. The van der Waals surface area contributed by atoms with Gasteiger partial charge < -0.3 is 14.2 Å². The molecule has 1 saturated heterocycles. The molecule has 1 aliphatic rings. The third kappa shape index (κ3) is 4.13. The SMILES string of the molecule is O=C(c1cc(-c2ccco2)nn1-c1ccccc1Cl)N1CCN(c2ccc([N+](=O)[O-])cc2)CC1. The number of hydrogen-bond donors (Lipinski definition) is 0. The lowest BCUT2D eigenvalue weighted by Crippen LogP contribution is -2.49. The molecule has 1 fully saturated rings. The van der Waals surface area contributed by atoms with Crippen LogP contribution in [0.4, 0.5) is 11.4 Å². The number of rotatable bonds is 5. The average molecular weight is 478 g/mol. The summed E-state index contributed by atoms with van der Waals surface area (Å²) < 4.78 is 7.04. The number of benzene rings is 2. The number of hydrogen-bond acceptors (Lipinski definition) is 6. The minimum Gasteiger partial charge on any atom is -0.463 e. The van der Waals surface area contributed by atoms with Crippen LogP contribution in [-0.2, 0) is 0 Å². The first-order valence-corrected chi connectivity index (χ1v) is 11.1. The zero-order valence-electron chi connectivity index (χ0n) is 18.0. The van der Waals surface area contributed by atoms with Crippen LogP contribution in [0.15, 0.2) is 77.4 Å². The Kier molecular flexibility index (Phi) is 5.77. The molecule has 3 heterocycles. The second kappa shape index (κ2) is 9.03. The van der Waals surface area contributed by atoms with Crippen molar-refractivity contribution in [2.45, 2.75) is 0 Å². The lowest BCUT2D eigenvalue weighted by atomic mass is 10.2. The van der Waals surface area contributed by atoms with Crippen LogP contribution in [0.2, 0.25) is 5.02 Å². The van der Waals surface area contributed by atoms with E-state index in [4.69, 9.17) is 16.0 Å². The van der Waals surface area contributed by atoms with Crippen molar-refractivity contribution in [3.05, 3.63) is 93.8 Å². The predicted octanol–water partition coefficient (Wildman–Crippen LogP) is 4.66. The largest absolute Gasteiger partial charge is 0.463 e. The number of aromatic nitrogens is 2. The number of anilines is 1. The Labute approximate surface area is 199 Å². The fourth-order valence-electron chi connectivity index (χ4n) is 4.00. The van der Waals surface area contributed by atoms with Gasteiger partial charge in [0.2, 0.25) is 0 Å². The molecule has 2 aromatic carbocycles. The molecule has 5 rings (SSSR count). The van der Waals surface area contributed by atoms with E-state index >= 15 is 0 Å². The number of non-ortho nitro benzene ring substituents is 1. The molecule has 9 nitrogen and oxygen atoms in total. The van der Waals surface area contributed by atoms with Crippen molar-refractivity contribution in [2.24, 2.45) is 0 Å². The molecule has 4 aromatic rings. The van der Waals surface area contributed by atoms with Crippen molar-refractivity contribution in [3.63, 3.8) is 0 Å². The number of piperazine rings is 1. The van der Waals surface area contributed by atoms with Crippen LogP contribution in [0.1, 0.15) is 10.5 Å². The Morgan fingerprint density at radius 1 is 1.00 bits per heavy atom. The zero-order chi connectivity index (χ0) is 23.7. The highest BCUT2D eigenvalue weighted by Crippen LogP contribution is 2.27. The fourth-order valence-corrected chi connectivity index (χ4v) is 4.22. The number of carbonyl (C=O) groups excluding carboxylic acids is 1. The Hall–Kier alpha value is -4.11. The molecule has 1 aliphatic heterocycles. The standard InChI is InChI=1S/C24H20ClN5O4/c25-19-4-1-2-5-21(19)29-22(16-20(26-29)23-6-3-15-34-23)24(31)28-13-11-27(12-14-28)17-7-9-18(10-8-17)30(32)33/h1-10,15-16H,11-14H2. The van der Waals surface area contributed by atoms with Gasteiger partial charge in [-0.25, -0.2) is 4.68 Å². The summed E-state index contributed by atoms with van der Waals surface area (Å²) in [4.78, 5) is 27.9. The van der Waals surface area contributed by atoms with Gasteiger partial charge in [-0.3, -0.25) is 14.9 Å². The first-order valence-electron chi connectivity index (χ1n) is 10.7. The molecule has 0 unspecified atom stereocenters. The Bertz CT molecular complexity index is 1330. The topological polar surface area (TPSA) is 97.7 Å². The molecule has 0 N–H and O–H groups in total. The van der Waals surface area contributed by atoms with Crippen LogP contribution in [0, 0.1) is 10.1 Å². The summed E-state index contributed by atoms with van der Waals surface area (Å²) in [7, 11) is 0. The smallest absolute Gasteiger partial charge is 0.272 e. The predicted molar refractivity (Wildman–Crippen MR) is 127 cm³/mol. The van der Waals surface area contributed by atoms with Crippen molar-refractivity contribution < 1.29 is 14.1 Å². The molecule has 10 heteroatoms. The van der Waals surface area contributed by atoms with Gasteiger partial charge >= 0.3 is 0 Å². The maximum absolute atomic E-state index is 13.5. The summed E-state index contributed by atoms with van der Waals surface area (Å²) in [5.74, 6) is 0.399. The number of furan rings is 1. The third-order valence-electron chi connectivity index (χ3n) is 5.78. The van der Waals surface area contributed by atoms with Crippen LogP contribution in [0.3, 0.4) is 0 Å². The van der Waals surface area contributed by atoms with Gasteiger partial charge in [0.15, 0.2) is 5.76 Å². The highest BCUT2D eigenvalue weighted by Gasteiger charge is 2.27. The van der Waals surface area contributed by atoms with Gasteiger partial charge in [0.25, 0.3) is 11.6 Å². The summed E-state index contributed by atoms with van der Waals surface area (Å²) in [6.07, 6.45) is 1.56. The van der Waals surface area contributed by atoms with E-state index in [1.807, 2.05) is 18.2 Å². The normalized spacial score (nSPS) is 13.8. The monoisotopic (exact) mass is 477 g/mol. The van der Waals surface area contributed by atoms with Crippen molar-refractivity contribution in [2.75, 3.05) is 31.1 Å². The highest BCUT2D eigenvalue weighted by atomic mass is 35.5. The van der Waals surface area contributed by atoms with E-state index in [1.54, 1.807) is 52.2 Å². The third-order valence-corrected chi connectivity index (χ3v) is 6.09. The number of para-hydroxylation sites is 1. The number of amides is 1. The van der Waals surface area contributed by atoms with E-state index in [0.717, 1.165) is 5.69 Å². The van der Waals surface area contributed by atoms with Crippen LogP contribution >= 0.6 is 11.6 Å². The molecule has 2 aromatic heterocycles. The van der Waals surface area contributed by atoms with E-state index in [-0.39, 0.29) is 11.6 Å². The maximum Gasteiger partial charge on any atom is 0.272 e. The van der Waals surface area contributed by atoms with Gasteiger partial charge in [-0.05, 0) is 36.4 Å². The van der Waals surface area contributed by atoms with E-state index in [9.17, 15) is 14.9 Å². The summed E-state index contributed by atoms with van der Waals surface area (Å²) >= 11 is 6.41. The molecular formula is C24H20ClN5O4. The number of nitro benzene ring substituents is 1. The van der Waals surface area contributed by atoms with Crippen molar-refractivity contribution in [3.8, 4) is 17.1 Å². The second-order valence-corrected chi connectivity index (χ2v) is 8.22. The molecule has 0 radical (unpaired) electrons. The van der Waals surface area contributed by atoms with Gasteiger partial charge in [0, 0.05) is 50.1 Å². The molecular weight excluding hydrogens is 458 g/mol. The van der Waals surface area contributed by atoms with E-state index < -0.39 is 4.92 Å². The lowest BCUT2D eigenvalue weighted by molar-refractivity contribution is -0.384. The van der Waals surface area contributed by atoms with Crippen LogP contribution in [0.5, 0.6) is 0 Å². The maximum atomic E-state index is 13.5. The molecule has 0 aliphatic carbocycles. The summed E-state index contributed by atoms with van der Waals surface area (Å²) in [6.45, 7) is 2.21. The zero-order valence-corrected chi connectivity index (χ0v) is 18.8. The molecule has 34 heavy (non-hydrogen) atoms. The quantitative estimate of drug-likeness (QED) is 0.306. The van der Waals surface area contributed by atoms with Gasteiger partial charge in [-0.1, -0.05) is 23.7 Å². The van der Waals surface area contributed by atoms with Crippen LogP contribution < -0.4 is 4.90 Å². The fraction of sp³-hybridized carbons (Fsp3) is 0.167. The van der Waals surface area contributed by atoms with E-state index in [2.05, 4.69) is 10.00 Å². The minimum atomic E-state index is -0.417. The lowest BCUT2D eigenvalue weighted by Gasteiger charge is -2.36. The highest BCUT2D eigenvalue weighted by molar-refractivity contribution is 6.32. The minimum absolute atomic E-state index is 0.0535. The summed E-state index contributed by atoms with van der Waals surface area (Å²) in [5, 5.41) is 16.0. The van der Waals surface area contributed by atoms with Gasteiger partial charge in [0.05, 0.1) is 21.9 Å². The number of halogens is 1. The Balaban J connectivity index is 1.38. The first kappa shape index (κ1) is 21.7. The van der Waals surface area contributed by atoms with Gasteiger partial charge in [0.1, 0.15) is 11.4 Å². The van der Waals surface area contributed by atoms with Crippen LogP contribution in [-0.4, -0.2) is 51.7 Å². The molecule has 1 amide bonds. The van der Waals surface area contributed by atoms with Crippen LogP contribution in [0.25, 0.3) is 17.1 Å². The van der Waals surface area contributed by atoms with Crippen molar-refractivity contribution >= 4 is 28.9 Å². The van der Waals surface area contributed by atoms with Gasteiger partial charge in [-0.2, -0.15) is 5.10 Å². The molecule has 172 valence electrons. The summed E-state index contributed by atoms with van der Waals surface area (Å²) in [5.41, 5.74) is 2.48. The number of nitrogens with zero attached hydrogens (tertiary/aromatic N) is 5. The number of nitro groups is 1. The molecule has 0 atom stereocenters.